The van der Waals surface area contributed by atoms with Crippen LogP contribution in [0.15, 0.2) is 29.2 Å². The van der Waals surface area contributed by atoms with E-state index in [1.165, 1.54) is 15.6 Å². The van der Waals surface area contributed by atoms with Gasteiger partial charge in [-0.15, -0.1) is 0 Å². The van der Waals surface area contributed by atoms with Crippen LogP contribution in [0, 0.1) is 18.8 Å². The number of carbonyl (C=O) groups excluding carboxylic acids is 1. The Morgan fingerprint density at radius 3 is 2.15 bits per heavy atom. The second kappa shape index (κ2) is 8.29. The summed E-state index contributed by atoms with van der Waals surface area (Å²) in [6, 6.07) is 6.95. The van der Waals surface area contributed by atoms with Crippen LogP contribution in [-0.4, -0.2) is 69.3 Å². The van der Waals surface area contributed by atoms with E-state index in [2.05, 4.69) is 13.8 Å². The highest BCUT2D eigenvalue weighted by molar-refractivity contribution is 7.89. The number of likely N-dealkylation sites (tertiary alicyclic amines) is 1. The Morgan fingerprint density at radius 2 is 1.59 bits per heavy atom. The Hall–Kier alpha value is -1.44. The van der Waals surface area contributed by atoms with Crippen molar-refractivity contribution in [2.75, 3.05) is 45.8 Å². The SMILES string of the molecule is Cc1ccc(S(=O)(=O)N2CCN(C(=O)C[NH+]3C[C@H](C)C[C@@H](C)C3)CC2)cc1. The van der Waals surface area contributed by atoms with Crippen molar-refractivity contribution < 1.29 is 18.1 Å². The van der Waals surface area contributed by atoms with Crippen molar-refractivity contribution >= 4 is 15.9 Å². The maximum atomic E-state index is 12.8. The number of rotatable bonds is 4. The molecule has 2 atom stereocenters. The smallest absolute Gasteiger partial charge is 0.277 e. The van der Waals surface area contributed by atoms with Gasteiger partial charge in [-0.3, -0.25) is 4.79 Å². The van der Waals surface area contributed by atoms with Crippen molar-refractivity contribution in [1.29, 1.82) is 0 Å². The number of nitrogens with one attached hydrogen (secondary N) is 1. The molecular formula is C20H32N3O3S+. The summed E-state index contributed by atoms with van der Waals surface area (Å²) in [5.41, 5.74) is 1.04. The van der Waals surface area contributed by atoms with Crippen LogP contribution in [0.25, 0.3) is 0 Å². The van der Waals surface area contributed by atoms with Gasteiger partial charge in [-0.2, -0.15) is 4.31 Å². The third-order valence-corrected chi connectivity index (χ3v) is 7.64. The minimum absolute atomic E-state index is 0.152. The van der Waals surface area contributed by atoms with Gasteiger partial charge in [-0.05, 0) is 25.5 Å². The summed E-state index contributed by atoms with van der Waals surface area (Å²) in [4.78, 5) is 16.2. The molecule has 3 rings (SSSR count). The van der Waals surface area contributed by atoms with Gasteiger partial charge in [-0.25, -0.2) is 8.42 Å². The summed E-state index contributed by atoms with van der Waals surface area (Å²) in [6.45, 7) is 10.8. The third-order valence-electron chi connectivity index (χ3n) is 5.73. The number of nitrogens with zero attached hydrogens (tertiary/aromatic N) is 2. The Bertz CT molecular complexity index is 745. The first-order chi connectivity index (χ1) is 12.8. The first kappa shape index (κ1) is 20.3. The van der Waals surface area contributed by atoms with Crippen LogP contribution in [0.2, 0.25) is 0 Å². The highest BCUT2D eigenvalue weighted by atomic mass is 32.2. The summed E-state index contributed by atoms with van der Waals surface area (Å²) < 4.78 is 27.1. The van der Waals surface area contributed by atoms with Gasteiger partial charge in [0.1, 0.15) is 0 Å². The predicted octanol–water partition coefficient (Wildman–Crippen LogP) is 0.389. The molecule has 0 saturated carbocycles. The van der Waals surface area contributed by atoms with Gasteiger partial charge in [0.2, 0.25) is 10.0 Å². The molecule has 0 aromatic heterocycles. The molecule has 0 unspecified atom stereocenters. The van der Waals surface area contributed by atoms with Crippen molar-refractivity contribution in [3.63, 3.8) is 0 Å². The van der Waals surface area contributed by atoms with Crippen molar-refractivity contribution in [2.24, 2.45) is 11.8 Å². The first-order valence-corrected chi connectivity index (χ1v) is 11.4. The predicted molar refractivity (Wildman–Crippen MR) is 105 cm³/mol. The molecule has 0 aliphatic carbocycles. The summed E-state index contributed by atoms with van der Waals surface area (Å²) >= 11 is 0. The van der Waals surface area contributed by atoms with Gasteiger partial charge in [0.05, 0.1) is 18.0 Å². The number of amides is 1. The molecule has 27 heavy (non-hydrogen) atoms. The minimum atomic E-state index is -3.48. The molecule has 1 aromatic carbocycles. The van der Waals surface area contributed by atoms with E-state index in [-0.39, 0.29) is 5.91 Å². The van der Waals surface area contributed by atoms with Crippen molar-refractivity contribution in [1.82, 2.24) is 9.21 Å². The zero-order valence-electron chi connectivity index (χ0n) is 16.6. The van der Waals surface area contributed by atoms with Gasteiger partial charge < -0.3 is 9.80 Å². The summed E-state index contributed by atoms with van der Waals surface area (Å²) in [6.07, 6.45) is 1.24. The van der Waals surface area contributed by atoms with Crippen molar-refractivity contribution in [3.05, 3.63) is 29.8 Å². The lowest BCUT2D eigenvalue weighted by Crippen LogP contribution is -3.15. The van der Waals surface area contributed by atoms with Gasteiger partial charge in [-0.1, -0.05) is 31.5 Å². The number of piperidine rings is 1. The first-order valence-electron chi connectivity index (χ1n) is 9.94. The van der Waals surface area contributed by atoms with Gasteiger partial charge >= 0.3 is 0 Å². The molecule has 1 aromatic rings. The molecule has 2 fully saturated rings. The molecule has 2 aliphatic rings. The van der Waals surface area contributed by atoms with Gasteiger partial charge in [0, 0.05) is 38.0 Å². The number of piperazine rings is 1. The van der Waals surface area contributed by atoms with E-state index in [9.17, 15) is 13.2 Å². The fourth-order valence-corrected chi connectivity index (χ4v) is 5.85. The van der Waals surface area contributed by atoms with E-state index < -0.39 is 10.0 Å². The van der Waals surface area contributed by atoms with Crippen LogP contribution in [0.5, 0.6) is 0 Å². The standard InChI is InChI=1S/C20H31N3O3S/c1-16-4-6-19(7-5-16)27(25,26)23-10-8-22(9-11-23)20(24)15-21-13-17(2)12-18(3)14-21/h4-7,17-18H,8-15H2,1-3H3/p+1/t17-,18-/m1/s1. The average molecular weight is 395 g/mol. The number of carbonyl (C=O) groups is 1. The maximum Gasteiger partial charge on any atom is 0.277 e. The molecule has 0 bridgehead atoms. The zero-order valence-corrected chi connectivity index (χ0v) is 17.5. The minimum Gasteiger partial charge on any atom is -0.335 e. The molecule has 0 radical (unpaired) electrons. The van der Waals surface area contributed by atoms with Crippen LogP contribution in [0.1, 0.15) is 25.8 Å². The average Bonchev–Trinajstić information content (AvgIpc) is 2.61. The third kappa shape index (κ3) is 4.89. The Labute approximate surface area is 163 Å². The Kier molecular flexibility index (Phi) is 6.23. The van der Waals surface area contributed by atoms with E-state index in [1.54, 1.807) is 12.1 Å². The quantitative estimate of drug-likeness (QED) is 0.804. The highest BCUT2D eigenvalue weighted by Crippen LogP contribution is 2.18. The molecule has 1 N–H and O–H groups in total. The molecule has 7 heteroatoms. The maximum absolute atomic E-state index is 12.8. The molecular weight excluding hydrogens is 362 g/mol. The Morgan fingerprint density at radius 1 is 1.04 bits per heavy atom. The summed E-state index contributed by atoms with van der Waals surface area (Å²) in [5, 5.41) is 0. The molecule has 2 aliphatic heterocycles. The van der Waals surface area contributed by atoms with Crippen molar-refractivity contribution in [3.8, 4) is 0 Å². The molecule has 2 heterocycles. The number of hydrogen-bond acceptors (Lipinski definition) is 3. The highest BCUT2D eigenvalue weighted by Gasteiger charge is 2.32. The number of aryl methyl sites for hydroxylation is 1. The lowest BCUT2D eigenvalue weighted by molar-refractivity contribution is -0.904. The second-order valence-corrected chi connectivity index (χ2v) is 10.3. The zero-order chi connectivity index (χ0) is 19.6. The monoisotopic (exact) mass is 394 g/mol. The van der Waals surface area contributed by atoms with Crippen LogP contribution < -0.4 is 4.90 Å². The number of benzene rings is 1. The fraction of sp³-hybridized carbons (Fsp3) is 0.650. The Balaban J connectivity index is 1.55. The summed E-state index contributed by atoms with van der Waals surface area (Å²) in [7, 11) is -3.48. The number of sulfonamides is 1. The van der Waals surface area contributed by atoms with Crippen LogP contribution in [0.4, 0.5) is 0 Å². The molecule has 150 valence electrons. The number of quaternary nitrogens is 1. The number of hydrogen-bond donors (Lipinski definition) is 1. The molecule has 1 amide bonds. The van der Waals surface area contributed by atoms with Crippen LogP contribution >= 0.6 is 0 Å². The van der Waals surface area contributed by atoms with Gasteiger partial charge in [0.15, 0.2) is 6.54 Å². The lowest BCUT2D eigenvalue weighted by atomic mass is 9.92. The van der Waals surface area contributed by atoms with Gasteiger partial charge in [0.25, 0.3) is 5.91 Å². The van der Waals surface area contributed by atoms with Crippen LogP contribution in [0.3, 0.4) is 0 Å². The molecule has 6 nitrogen and oxygen atoms in total. The van der Waals surface area contributed by atoms with Crippen LogP contribution in [-0.2, 0) is 14.8 Å². The van der Waals surface area contributed by atoms with E-state index in [4.69, 9.17) is 0 Å². The second-order valence-electron chi connectivity index (χ2n) is 8.38. The normalized spacial score (nSPS) is 27.5. The van der Waals surface area contributed by atoms with E-state index in [0.717, 1.165) is 18.7 Å². The molecule has 2 saturated heterocycles. The fourth-order valence-electron chi connectivity index (χ4n) is 4.43. The lowest BCUT2D eigenvalue weighted by Gasteiger charge is -2.36. The largest absolute Gasteiger partial charge is 0.335 e. The molecule has 0 spiro atoms. The summed E-state index contributed by atoms with van der Waals surface area (Å²) in [5.74, 6) is 1.47. The van der Waals surface area contributed by atoms with Crippen molar-refractivity contribution in [2.45, 2.75) is 32.1 Å². The van der Waals surface area contributed by atoms with E-state index >= 15 is 0 Å². The van der Waals surface area contributed by atoms with E-state index in [0.29, 0.717) is 49.5 Å². The van der Waals surface area contributed by atoms with E-state index in [1.807, 2.05) is 24.0 Å². The topological polar surface area (TPSA) is 62.1 Å².